The summed E-state index contributed by atoms with van der Waals surface area (Å²) in [5, 5.41) is 2.90. The lowest BCUT2D eigenvalue weighted by Crippen LogP contribution is -2.14. The fraction of sp³-hybridized carbons (Fsp3) is 0.100. The second-order valence-corrected chi connectivity index (χ2v) is 6.84. The average Bonchev–Trinajstić information content (AvgIpc) is 2.62. The summed E-state index contributed by atoms with van der Waals surface area (Å²) in [5.41, 5.74) is 2.40. The van der Waals surface area contributed by atoms with Gasteiger partial charge in [0.25, 0.3) is 5.91 Å². The molecule has 1 aromatic heterocycles. The SMILES string of the molecule is Cc1ccc(Sc2ncccc2C(=O)Nc2cc(F)ccc2F)cc1C. The first-order valence-electron chi connectivity index (χ1n) is 7.90. The zero-order valence-corrected chi connectivity index (χ0v) is 15.0. The number of hydrogen-bond acceptors (Lipinski definition) is 3. The summed E-state index contributed by atoms with van der Waals surface area (Å²) in [4.78, 5) is 17.8. The van der Waals surface area contributed by atoms with Crippen LogP contribution in [0.5, 0.6) is 0 Å². The van der Waals surface area contributed by atoms with E-state index in [9.17, 15) is 13.6 Å². The van der Waals surface area contributed by atoms with Crippen LogP contribution in [0, 0.1) is 25.5 Å². The molecule has 3 aromatic rings. The van der Waals surface area contributed by atoms with Crippen molar-refractivity contribution >= 4 is 23.4 Å². The molecule has 0 bridgehead atoms. The van der Waals surface area contributed by atoms with Crippen LogP contribution in [0.25, 0.3) is 0 Å². The predicted octanol–water partition coefficient (Wildman–Crippen LogP) is 5.38. The van der Waals surface area contributed by atoms with Crippen molar-refractivity contribution in [1.82, 2.24) is 4.98 Å². The molecule has 0 aliphatic carbocycles. The van der Waals surface area contributed by atoms with Crippen LogP contribution in [-0.2, 0) is 0 Å². The molecule has 0 spiro atoms. The molecule has 26 heavy (non-hydrogen) atoms. The third-order valence-electron chi connectivity index (χ3n) is 3.89. The number of nitrogens with zero attached hydrogens (tertiary/aromatic N) is 1. The number of rotatable bonds is 4. The van der Waals surface area contributed by atoms with Crippen molar-refractivity contribution in [3.63, 3.8) is 0 Å². The molecule has 3 nitrogen and oxygen atoms in total. The summed E-state index contributed by atoms with van der Waals surface area (Å²) in [6, 6.07) is 12.1. The van der Waals surface area contributed by atoms with E-state index in [1.54, 1.807) is 18.3 Å². The van der Waals surface area contributed by atoms with Crippen LogP contribution >= 0.6 is 11.8 Å². The molecule has 0 saturated heterocycles. The van der Waals surface area contributed by atoms with Crippen LogP contribution in [0.1, 0.15) is 21.5 Å². The fourth-order valence-electron chi connectivity index (χ4n) is 2.32. The summed E-state index contributed by atoms with van der Waals surface area (Å²) in [7, 11) is 0. The van der Waals surface area contributed by atoms with Crippen LogP contribution in [0.4, 0.5) is 14.5 Å². The van der Waals surface area contributed by atoms with Crippen molar-refractivity contribution in [3.8, 4) is 0 Å². The molecule has 1 heterocycles. The fourth-order valence-corrected chi connectivity index (χ4v) is 3.30. The van der Waals surface area contributed by atoms with Crippen LogP contribution < -0.4 is 5.32 Å². The standard InChI is InChI=1S/C20H16F2N2OS/c1-12-5-7-15(10-13(12)2)26-20-16(4-3-9-23-20)19(25)24-18-11-14(21)6-8-17(18)22/h3-11H,1-2H3,(H,24,25). The van der Waals surface area contributed by atoms with E-state index >= 15 is 0 Å². The van der Waals surface area contributed by atoms with Crippen molar-refractivity contribution in [2.24, 2.45) is 0 Å². The number of nitrogens with one attached hydrogen (secondary N) is 1. The summed E-state index contributed by atoms with van der Waals surface area (Å²) >= 11 is 1.34. The van der Waals surface area contributed by atoms with Crippen LogP contribution in [0.15, 0.2) is 64.6 Å². The first-order chi connectivity index (χ1) is 12.4. The van der Waals surface area contributed by atoms with E-state index in [1.807, 2.05) is 32.0 Å². The van der Waals surface area contributed by atoms with Crippen molar-refractivity contribution in [2.75, 3.05) is 5.32 Å². The van der Waals surface area contributed by atoms with E-state index in [4.69, 9.17) is 0 Å². The molecule has 132 valence electrons. The minimum atomic E-state index is -0.702. The van der Waals surface area contributed by atoms with Gasteiger partial charge in [-0.2, -0.15) is 0 Å². The first-order valence-corrected chi connectivity index (χ1v) is 8.72. The Morgan fingerprint density at radius 3 is 2.62 bits per heavy atom. The zero-order valence-electron chi connectivity index (χ0n) is 14.2. The quantitative estimate of drug-likeness (QED) is 0.670. The number of benzene rings is 2. The molecule has 0 fully saturated rings. The van der Waals surface area contributed by atoms with E-state index in [0.717, 1.165) is 28.7 Å². The normalized spacial score (nSPS) is 10.6. The van der Waals surface area contributed by atoms with Gasteiger partial charge in [0.05, 0.1) is 11.3 Å². The lowest BCUT2D eigenvalue weighted by Gasteiger charge is -2.10. The largest absolute Gasteiger partial charge is 0.319 e. The van der Waals surface area contributed by atoms with Gasteiger partial charge < -0.3 is 5.32 Å². The Morgan fingerprint density at radius 2 is 1.85 bits per heavy atom. The summed E-state index contributed by atoms with van der Waals surface area (Å²) in [5.74, 6) is -1.88. The van der Waals surface area contributed by atoms with Gasteiger partial charge in [-0.05, 0) is 61.4 Å². The van der Waals surface area contributed by atoms with Gasteiger partial charge in [0, 0.05) is 17.2 Å². The summed E-state index contributed by atoms with van der Waals surface area (Å²) < 4.78 is 27.1. The highest BCUT2D eigenvalue weighted by molar-refractivity contribution is 7.99. The number of carbonyl (C=O) groups excluding carboxylic acids is 1. The van der Waals surface area contributed by atoms with Gasteiger partial charge in [-0.1, -0.05) is 17.8 Å². The van der Waals surface area contributed by atoms with Crippen molar-refractivity contribution < 1.29 is 13.6 Å². The minimum absolute atomic E-state index is 0.207. The monoisotopic (exact) mass is 370 g/mol. The number of halogens is 2. The molecule has 0 aliphatic heterocycles. The van der Waals surface area contributed by atoms with Gasteiger partial charge in [0.15, 0.2) is 0 Å². The van der Waals surface area contributed by atoms with Crippen molar-refractivity contribution in [1.29, 1.82) is 0 Å². The molecular formula is C20H16F2N2OS. The second kappa shape index (κ2) is 7.66. The number of hydrogen-bond donors (Lipinski definition) is 1. The van der Waals surface area contributed by atoms with E-state index < -0.39 is 17.5 Å². The van der Waals surface area contributed by atoms with Gasteiger partial charge in [-0.3, -0.25) is 4.79 Å². The maximum atomic E-state index is 13.8. The highest BCUT2D eigenvalue weighted by atomic mass is 32.2. The number of amides is 1. The molecule has 0 saturated carbocycles. The molecule has 6 heteroatoms. The lowest BCUT2D eigenvalue weighted by molar-refractivity contribution is 0.102. The number of carbonyl (C=O) groups is 1. The molecule has 1 N–H and O–H groups in total. The minimum Gasteiger partial charge on any atom is -0.319 e. The maximum Gasteiger partial charge on any atom is 0.258 e. The highest BCUT2D eigenvalue weighted by Gasteiger charge is 2.16. The Kier molecular flexibility index (Phi) is 5.32. The Balaban J connectivity index is 1.87. The Morgan fingerprint density at radius 1 is 1.04 bits per heavy atom. The third kappa shape index (κ3) is 4.08. The summed E-state index contributed by atoms with van der Waals surface area (Å²) in [6.45, 7) is 4.04. The van der Waals surface area contributed by atoms with E-state index in [-0.39, 0.29) is 5.69 Å². The van der Waals surface area contributed by atoms with Gasteiger partial charge >= 0.3 is 0 Å². The van der Waals surface area contributed by atoms with Gasteiger partial charge in [0.2, 0.25) is 0 Å². The van der Waals surface area contributed by atoms with Crippen molar-refractivity contribution in [2.45, 2.75) is 23.8 Å². The molecule has 1 amide bonds. The van der Waals surface area contributed by atoms with Gasteiger partial charge in [0.1, 0.15) is 16.7 Å². The molecule has 2 aromatic carbocycles. The Hall–Kier alpha value is -2.73. The van der Waals surface area contributed by atoms with Crippen molar-refractivity contribution in [3.05, 3.63) is 83.1 Å². The van der Waals surface area contributed by atoms with Crippen LogP contribution in [0.3, 0.4) is 0 Å². The van der Waals surface area contributed by atoms with Crippen LogP contribution in [-0.4, -0.2) is 10.9 Å². The number of pyridine rings is 1. The van der Waals surface area contributed by atoms with Crippen LogP contribution in [0.2, 0.25) is 0 Å². The van der Waals surface area contributed by atoms with E-state index in [2.05, 4.69) is 10.3 Å². The molecule has 0 atom stereocenters. The molecular weight excluding hydrogens is 354 g/mol. The maximum absolute atomic E-state index is 13.8. The first kappa shape index (κ1) is 18.1. The highest BCUT2D eigenvalue weighted by Crippen LogP contribution is 2.30. The summed E-state index contributed by atoms with van der Waals surface area (Å²) in [6.07, 6.45) is 1.59. The molecule has 0 aliphatic rings. The lowest BCUT2D eigenvalue weighted by atomic mass is 10.1. The van der Waals surface area contributed by atoms with E-state index in [0.29, 0.717) is 10.6 Å². The second-order valence-electron chi connectivity index (χ2n) is 5.78. The van der Waals surface area contributed by atoms with Gasteiger partial charge in [-0.15, -0.1) is 0 Å². The number of aryl methyl sites for hydroxylation is 2. The molecule has 0 radical (unpaired) electrons. The topological polar surface area (TPSA) is 42.0 Å². The number of aromatic nitrogens is 1. The molecule has 3 rings (SSSR count). The third-order valence-corrected chi connectivity index (χ3v) is 4.89. The van der Waals surface area contributed by atoms with Gasteiger partial charge in [-0.25, -0.2) is 13.8 Å². The Labute approximate surface area is 154 Å². The zero-order chi connectivity index (χ0) is 18.7. The smallest absolute Gasteiger partial charge is 0.258 e. The Bertz CT molecular complexity index is 976. The molecule has 0 unspecified atom stereocenters. The van der Waals surface area contributed by atoms with E-state index in [1.165, 1.54) is 17.3 Å². The average molecular weight is 370 g/mol. The number of anilines is 1. The predicted molar refractivity (Wildman–Crippen MR) is 98.6 cm³/mol.